The molecule has 2 unspecified atom stereocenters. The first-order valence-corrected chi connectivity index (χ1v) is 15.7. The summed E-state index contributed by atoms with van der Waals surface area (Å²) >= 11 is 0. The average molecular weight is 533 g/mol. The molecule has 37 heavy (non-hydrogen) atoms. The van der Waals surface area contributed by atoms with E-state index in [1.807, 2.05) is 121 Å². The van der Waals surface area contributed by atoms with Gasteiger partial charge in [0.05, 0.1) is 25.4 Å². The molecule has 4 aromatic carbocycles. The number of rotatable bonds is 10. The SMILES string of the molecule is O=P(OCC1CCC(COP(=O)(c2ccccc2)c2ccccc2)O1)(c1ccccc1)c1ccccc1. The molecule has 1 aliphatic rings. The van der Waals surface area contributed by atoms with E-state index in [-0.39, 0.29) is 25.4 Å². The molecule has 4 aromatic rings. The van der Waals surface area contributed by atoms with Gasteiger partial charge in [-0.05, 0) is 61.4 Å². The van der Waals surface area contributed by atoms with Crippen LogP contribution >= 0.6 is 14.7 Å². The van der Waals surface area contributed by atoms with Crippen molar-refractivity contribution in [1.82, 2.24) is 0 Å². The van der Waals surface area contributed by atoms with Gasteiger partial charge in [-0.2, -0.15) is 0 Å². The number of hydrogen-bond acceptors (Lipinski definition) is 5. The van der Waals surface area contributed by atoms with Crippen molar-refractivity contribution in [3.63, 3.8) is 0 Å². The Morgan fingerprint density at radius 2 is 0.784 bits per heavy atom. The monoisotopic (exact) mass is 532 g/mol. The van der Waals surface area contributed by atoms with Crippen LogP contribution in [0.15, 0.2) is 121 Å². The number of ether oxygens (including phenoxy) is 1. The lowest BCUT2D eigenvalue weighted by Gasteiger charge is -2.23. The van der Waals surface area contributed by atoms with Crippen LogP contribution in [0.5, 0.6) is 0 Å². The first kappa shape index (κ1) is 25.9. The maximum absolute atomic E-state index is 14.1. The third-order valence-electron chi connectivity index (χ3n) is 6.46. The van der Waals surface area contributed by atoms with Crippen LogP contribution in [0.25, 0.3) is 0 Å². The highest BCUT2D eigenvalue weighted by Gasteiger charge is 2.35. The Labute approximate surface area is 218 Å². The van der Waals surface area contributed by atoms with E-state index < -0.39 is 14.7 Å². The van der Waals surface area contributed by atoms with Gasteiger partial charge in [0, 0.05) is 21.2 Å². The second kappa shape index (κ2) is 11.7. The van der Waals surface area contributed by atoms with E-state index >= 15 is 0 Å². The van der Waals surface area contributed by atoms with Crippen molar-refractivity contribution in [3.05, 3.63) is 121 Å². The van der Waals surface area contributed by atoms with Crippen LogP contribution in [0.4, 0.5) is 0 Å². The van der Waals surface area contributed by atoms with E-state index in [0.717, 1.165) is 12.8 Å². The molecule has 7 heteroatoms. The molecule has 0 aromatic heterocycles. The molecular formula is C30H30O5P2. The third kappa shape index (κ3) is 5.88. The molecule has 1 heterocycles. The van der Waals surface area contributed by atoms with Gasteiger partial charge >= 0.3 is 0 Å². The Kier molecular flexibility index (Phi) is 8.20. The Bertz CT molecular complexity index is 1170. The van der Waals surface area contributed by atoms with Crippen molar-refractivity contribution >= 4 is 36.0 Å². The molecule has 190 valence electrons. The summed E-state index contributed by atoms with van der Waals surface area (Å²) in [6, 6.07) is 37.2. The summed E-state index contributed by atoms with van der Waals surface area (Å²) in [7, 11) is -6.55. The van der Waals surface area contributed by atoms with Crippen molar-refractivity contribution in [2.75, 3.05) is 13.2 Å². The molecule has 0 N–H and O–H groups in total. The lowest BCUT2D eigenvalue weighted by Crippen LogP contribution is -2.25. The fourth-order valence-electron chi connectivity index (χ4n) is 4.49. The largest absolute Gasteiger partial charge is 0.370 e. The molecule has 1 saturated heterocycles. The number of benzene rings is 4. The normalized spacial score (nSPS) is 18.1. The fourth-order valence-corrected chi connectivity index (χ4v) is 8.70. The van der Waals surface area contributed by atoms with Gasteiger partial charge in [0.25, 0.3) is 14.7 Å². The lowest BCUT2D eigenvalue weighted by molar-refractivity contribution is -0.000164. The van der Waals surface area contributed by atoms with E-state index in [1.165, 1.54) is 0 Å². The van der Waals surface area contributed by atoms with Crippen LogP contribution in [-0.4, -0.2) is 25.4 Å². The van der Waals surface area contributed by atoms with Crippen LogP contribution in [0.2, 0.25) is 0 Å². The molecule has 0 spiro atoms. The second-order valence-corrected chi connectivity index (χ2v) is 13.8. The van der Waals surface area contributed by atoms with Gasteiger partial charge in [0.2, 0.25) is 0 Å². The third-order valence-corrected chi connectivity index (χ3v) is 11.4. The summed E-state index contributed by atoms with van der Waals surface area (Å²) in [5.74, 6) is 0. The maximum Gasteiger partial charge on any atom is 0.261 e. The highest BCUT2D eigenvalue weighted by atomic mass is 31.2. The minimum Gasteiger partial charge on any atom is -0.370 e. The second-order valence-electron chi connectivity index (χ2n) is 8.99. The molecule has 5 rings (SSSR count). The van der Waals surface area contributed by atoms with Gasteiger partial charge in [-0.25, -0.2) is 0 Å². The van der Waals surface area contributed by atoms with Gasteiger partial charge in [-0.1, -0.05) is 72.8 Å². The highest BCUT2D eigenvalue weighted by molar-refractivity contribution is 7.74. The Hall–Kier alpha value is -2.78. The topological polar surface area (TPSA) is 61.8 Å². The predicted octanol–water partition coefficient (Wildman–Crippen LogP) is 5.43. The Morgan fingerprint density at radius 1 is 0.514 bits per heavy atom. The van der Waals surface area contributed by atoms with Crippen molar-refractivity contribution in [3.8, 4) is 0 Å². The minimum atomic E-state index is -3.27. The van der Waals surface area contributed by atoms with Gasteiger partial charge in [-0.3, -0.25) is 9.13 Å². The zero-order valence-corrected chi connectivity index (χ0v) is 22.3. The van der Waals surface area contributed by atoms with Crippen LogP contribution < -0.4 is 21.2 Å². The van der Waals surface area contributed by atoms with Crippen LogP contribution in [-0.2, 0) is 22.9 Å². The number of hydrogen-bond donors (Lipinski definition) is 0. The van der Waals surface area contributed by atoms with E-state index in [9.17, 15) is 9.13 Å². The van der Waals surface area contributed by atoms with Gasteiger partial charge in [0.1, 0.15) is 0 Å². The molecule has 2 atom stereocenters. The van der Waals surface area contributed by atoms with Crippen molar-refractivity contribution in [2.24, 2.45) is 0 Å². The van der Waals surface area contributed by atoms with Gasteiger partial charge in [-0.15, -0.1) is 0 Å². The Morgan fingerprint density at radius 3 is 1.05 bits per heavy atom. The average Bonchev–Trinajstić information content (AvgIpc) is 3.44. The van der Waals surface area contributed by atoms with Gasteiger partial charge in [0.15, 0.2) is 0 Å². The van der Waals surface area contributed by atoms with E-state index in [1.54, 1.807) is 0 Å². The van der Waals surface area contributed by atoms with Crippen molar-refractivity contribution < 1.29 is 22.9 Å². The quantitative estimate of drug-likeness (QED) is 0.255. The Balaban J connectivity index is 1.25. The van der Waals surface area contributed by atoms with Crippen molar-refractivity contribution in [1.29, 1.82) is 0 Å². The summed E-state index contributed by atoms with van der Waals surface area (Å²) in [6.07, 6.45) is 1.06. The summed E-state index contributed by atoms with van der Waals surface area (Å²) in [4.78, 5) is 0. The summed E-state index contributed by atoms with van der Waals surface area (Å²) in [5.41, 5.74) is 0. The summed E-state index contributed by atoms with van der Waals surface area (Å²) in [5, 5.41) is 2.63. The maximum atomic E-state index is 14.1. The van der Waals surface area contributed by atoms with Crippen LogP contribution in [0, 0.1) is 0 Å². The molecule has 0 radical (unpaired) electrons. The summed E-state index contributed by atoms with van der Waals surface area (Å²) in [6.45, 7) is 0.402. The smallest absolute Gasteiger partial charge is 0.261 e. The lowest BCUT2D eigenvalue weighted by atomic mass is 10.2. The molecule has 0 saturated carbocycles. The molecule has 1 fully saturated rings. The van der Waals surface area contributed by atoms with Crippen molar-refractivity contribution in [2.45, 2.75) is 25.0 Å². The van der Waals surface area contributed by atoms with E-state index in [0.29, 0.717) is 21.2 Å². The van der Waals surface area contributed by atoms with Gasteiger partial charge < -0.3 is 13.8 Å². The van der Waals surface area contributed by atoms with E-state index in [2.05, 4.69) is 0 Å². The van der Waals surface area contributed by atoms with Crippen LogP contribution in [0.1, 0.15) is 12.8 Å². The first-order valence-electron chi connectivity index (χ1n) is 12.4. The fraction of sp³-hybridized carbons (Fsp3) is 0.200. The highest BCUT2D eigenvalue weighted by Crippen LogP contribution is 2.47. The van der Waals surface area contributed by atoms with E-state index in [4.69, 9.17) is 13.8 Å². The molecule has 0 bridgehead atoms. The minimum absolute atomic E-state index is 0.201. The molecular weight excluding hydrogens is 502 g/mol. The predicted molar refractivity (Wildman–Crippen MR) is 149 cm³/mol. The standard InChI is InChI=1S/C30H30O5P2/c31-36(27-13-5-1-6-14-27,28-15-7-2-8-16-28)33-23-25-21-22-26(35-25)24-34-37(32,29-17-9-3-10-18-29)30-19-11-4-12-20-30/h1-20,25-26H,21-24H2. The zero-order valence-electron chi connectivity index (χ0n) is 20.5. The molecule has 1 aliphatic heterocycles. The molecule has 5 nitrogen and oxygen atoms in total. The first-order chi connectivity index (χ1) is 18.1. The molecule has 0 aliphatic carbocycles. The zero-order chi connectivity index (χ0) is 25.6. The van der Waals surface area contributed by atoms with Crippen LogP contribution in [0.3, 0.4) is 0 Å². The summed E-state index contributed by atoms with van der Waals surface area (Å²) < 4.78 is 46.7. The molecule has 0 amide bonds.